The van der Waals surface area contributed by atoms with Crippen LogP contribution >= 0.6 is 0 Å². The lowest BCUT2D eigenvalue weighted by molar-refractivity contribution is 0.114. The molecule has 1 aliphatic heterocycles. The number of hydrogen-bond donors (Lipinski definition) is 1. The third-order valence-corrected chi connectivity index (χ3v) is 4.84. The van der Waals surface area contributed by atoms with Crippen LogP contribution in [-0.2, 0) is 4.74 Å². The topological polar surface area (TPSA) is 36.9 Å². The SMILES string of the molecule is CCOCC1CCN(C(=NC)NCC2(C)CCCC2)C1. The van der Waals surface area contributed by atoms with Crippen LogP contribution in [0.1, 0.15) is 46.0 Å². The molecule has 1 saturated carbocycles. The molecule has 0 bridgehead atoms. The number of nitrogens with one attached hydrogen (secondary N) is 1. The quantitative estimate of drug-likeness (QED) is 0.621. The van der Waals surface area contributed by atoms with Crippen molar-refractivity contribution in [1.82, 2.24) is 10.2 Å². The van der Waals surface area contributed by atoms with Crippen molar-refractivity contribution in [3.63, 3.8) is 0 Å². The third-order valence-electron chi connectivity index (χ3n) is 4.84. The molecule has 2 aliphatic rings. The highest BCUT2D eigenvalue weighted by Gasteiger charge is 2.30. The van der Waals surface area contributed by atoms with E-state index in [1.807, 2.05) is 7.05 Å². The summed E-state index contributed by atoms with van der Waals surface area (Å²) in [6, 6.07) is 0. The Balaban J connectivity index is 1.78. The van der Waals surface area contributed by atoms with Crippen LogP contribution in [0.25, 0.3) is 0 Å². The van der Waals surface area contributed by atoms with Crippen LogP contribution in [0.2, 0.25) is 0 Å². The Hall–Kier alpha value is -0.770. The van der Waals surface area contributed by atoms with Crippen molar-refractivity contribution in [1.29, 1.82) is 0 Å². The van der Waals surface area contributed by atoms with Gasteiger partial charge in [-0.3, -0.25) is 4.99 Å². The van der Waals surface area contributed by atoms with E-state index in [-0.39, 0.29) is 0 Å². The summed E-state index contributed by atoms with van der Waals surface area (Å²) in [6.45, 7) is 9.43. The van der Waals surface area contributed by atoms with Crippen LogP contribution in [0.5, 0.6) is 0 Å². The molecule has 0 amide bonds. The van der Waals surface area contributed by atoms with E-state index in [4.69, 9.17) is 4.74 Å². The summed E-state index contributed by atoms with van der Waals surface area (Å²) >= 11 is 0. The first-order chi connectivity index (χ1) is 9.67. The maximum Gasteiger partial charge on any atom is 0.193 e. The Morgan fingerprint density at radius 2 is 2.15 bits per heavy atom. The number of likely N-dealkylation sites (tertiary alicyclic amines) is 1. The highest BCUT2D eigenvalue weighted by Crippen LogP contribution is 2.36. The van der Waals surface area contributed by atoms with E-state index in [1.54, 1.807) is 0 Å². The van der Waals surface area contributed by atoms with Gasteiger partial charge in [0.1, 0.15) is 0 Å². The van der Waals surface area contributed by atoms with Gasteiger partial charge in [0, 0.05) is 39.2 Å². The standard InChI is InChI=1S/C16H31N3O/c1-4-20-12-14-7-10-19(11-14)15(17-3)18-13-16(2)8-5-6-9-16/h14H,4-13H2,1-3H3,(H,17,18). The zero-order valence-corrected chi connectivity index (χ0v) is 13.5. The van der Waals surface area contributed by atoms with Gasteiger partial charge in [-0.1, -0.05) is 19.8 Å². The molecule has 4 heteroatoms. The van der Waals surface area contributed by atoms with E-state index < -0.39 is 0 Å². The Bertz CT molecular complexity index is 324. The van der Waals surface area contributed by atoms with Gasteiger partial charge in [0.15, 0.2) is 5.96 Å². The number of guanidine groups is 1. The first kappa shape index (κ1) is 15.6. The lowest BCUT2D eigenvalue weighted by Crippen LogP contribution is -2.44. The molecular weight excluding hydrogens is 250 g/mol. The molecule has 0 spiro atoms. The van der Waals surface area contributed by atoms with Crippen LogP contribution in [-0.4, -0.2) is 50.8 Å². The van der Waals surface area contributed by atoms with E-state index in [2.05, 4.69) is 29.1 Å². The van der Waals surface area contributed by atoms with Crippen molar-refractivity contribution in [2.24, 2.45) is 16.3 Å². The van der Waals surface area contributed by atoms with Gasteiger partial charge >= 0.3 is 0 Å². The normalized spacial score (nSPS) is 26.2. The highest BCUT2D eigenvalue weighted by atomic mass is 16.5. The van der Waals surface area contributed by atoms with E-state index in [1.165, 1.54) is 32.1 Å². The lowest BCUT2D eigenvalue weighted by atomic mass is 9.89. The monoisotopic (exact) mass is 281 g/mol. The molecule has 2 rings (SSSR count). The van der Waals surface area contributed by atoms with Crippen LogP contribution in [0, 0.1) is 11.3 Å². The van der Waals surface area contributed by atoms with Gasteiger partial charge in [-0.25, -0.2) is 0 Å². The summed E-state index contributed by atoms with van der Waals surface area (Å²) in [5.74, 6) is 1.74. The molecule has 2 fully saturated rings. The minimum Gasteiger partial charge on any atom is -0.381 e. The predicted molar refractivity (Wildman–Crippen MR) is 84.1 cm³/mol. The van der Waals surface area contributed by atoms with E-state index in [0.717, 1.165) is 38.8 Å². The summed E-state index contributed by atoms with van der Waals surface area (Å²) in [5, 5.41) is 3.61. The molecule has 20 heavy (non-hydrogen) atoms. The van der Waals surface area contributed by atoms with Crippen molar-refractivity contribution < 1.29 is 4.74 Å². The summed E-state index contributed by atoms with van der Waals surface area (Å²) < 4.78 is 5.55. The molecule has 0 aromatic rings. The number of rotatable bonds is 5. The number of hydrogen-bond acceptors (Lipinski definition) is 2. The summed E-state index contributed by atoms with van der Waals surface area (Å²) in [5.41, 5.74) is 0.473. The summed E-state index contributed by atoms with van der Waals surface area (Å²) in [4.78, 5) is 6.86. The molecule has 1 heterocycles. The average Bonchev–Trinajstić information content (AvgIpc) is 3.07. The van der Waals surface area contributed by atoms with Crippen LogP contribution in [0.4, 0.5) is 0 Å². The van der Waals surface area contributed by atoms with Crippen molar-refractivity contribution in [3.05, 3.63) is 0 Å². The van der Waals surface area contributed by atoms with Crippen molar-refractivity contribution in [2.75, 3.05) is 39.9 Å². The number of aliphatic imine (C=N–C) groups is 1. The summed E-state index contributed by atoms with van der Waals surface area (Å²) in [6.07, 6.45) is 6.69. The second-order valence-corrected chi connectivity index (χ2v) is 6.68. The molecule has 4 nitrogen and oxygen atoms in total. The fourth-order valence-electron chi connectivity index (χ4n) is 3.48. The number of nitrogens with zero attached hydrogens (tertiary/aromatic N) is 2. The molecular formula is C16H31N3O. The van der Waals surface area contributed by atoms with Crippen LogP contribution < -0.4 is 5.32 Å². The molecule has 0 radical (unpaired) electrons. The molecule has 1 N–H and O–H groups in total. The number of ether oxygens (including phenoxy) is 1. The van der Waals surface area contributed by atoms with Gasteiger partial charge in [0.25, 0.3) is 0 Å². The van der Waals surface area contributed by atoms with Crippen LogP contribution in [0.3, 0.4) is 0 Å². The molecule has 1 unspecified atom stereocenters. The van der Waals surface area contributed by atoms with Gasteiger partial charge in [-0.2, -0.15) is 0 Å². The molecule has 0 aromatic carbocycles. The second-order valence-electron chi connectivity index (χ2n) is 6.68. The van der Waals surface area contributed by atoms with Crippen molar-refractivity contribution >= 4 is 5.96 Å². The largest absolute Gasteiger partial charge is 0.381 e. The van der Waals surface area contributed by atoms with E-state index in [0.29, 0.717) is 11.3 Å². The third kappa shape index (κ3) is 4.11. The van der Waals surface area contributed by atoms with Crippen molar-refractivity contribution in [3.8, 4) is 0 Å². The molecule has 1 saturated heterocycles. The highest BCUT2D eigenvalue weighted by molar-refractivity contribution is 5.80. The molecule has 1 atom stereocenters. The minimum absolute atomic E-state index is 0.473. The zero-order valence-electron chi connectivity index (χ0n) is 13.5. The van der Waals surface area contributed by atoms with Gasteiger partial charge < -0.3 is 15.0 Å². The first-order valence-electron chi connectivity index (χ1n) is 8.20. The van der Waals surface area contributed by atoms with E-state index in [9.17, 15) is 0 Å². The Morgan fingerprint density at radius 3 is 2.80 bits per heavy atom. The maximum absolute atomic E-state index is 5.55. The van der Waals surface area contributed by atoms with Gasteiger partial charge in [-0.05, 0) is 31.6 Å². The second kappa shape index (κ2) is 7.30. The van der Waals surface area contributed by atoms with E-state index >= 15 is 0 Å². The minimum atomic E-state index is 0.473. The van der Waals surface area contributed by atoms with Crippen LogP contribution in [0.15, 0.2) is 4.99 Å². The molecule has 0 aromatic heterocycles. The smallest absolute Gasteiger partial charge is 0.193 e. The van der Waals surface area contributed by atoms with Crippen molar-refractivity contribution in [2.45, 2.75) is 46.0 Å². The maximum atomic E-state index is 5.55. The van der Waals surface area contributed by atoms with Gasteiger partial charge in [0.05, 0.1) is 6.61 Å². The lowest BCUT2D eigenvalue weighted by Gasteiger charge is -2.28. The molecule has 1 aliphatic carbocycles. The zero-order chi connectivity index (χ0) is 14.4. The van der Waals surface area contributed by atoms with Gasteiger partial charge in [0.2, 0.25) is 0 Å². The Labute approximate surface area is 124 Å². The first-order valence-corrected chi connectivity index (χ1v) is 8.20. The summed E-state index contributed by atoms with van der Waals surface area (Å²) in [7, 11) is 1.90. The Morgan fingerprint density at radius 1 is 1.40 bits per heavy atom. The average molecular weight is 281 g/mol. The van der Waals surface area contributed by atoms with Gasteiger partial charge in [-0.15, -0.1) is 0 Å². The Kier molecular flexibility index (Phi) is 5.70. The fraction of sp³-hybridized carbons (Fsp3) is 0.938. The predicted octanol–water partition coefficient (Wildman–Crippen LogP) is 2.50. The fourth-order valence-corrected chi connectivity index (χ4v) is 3.48. The molecule has 116 valence electrons.